The van der Waals surface area contributed by atoms with E-state index < -0.39 is 35.7 Å². The molecular formula is C41H64N4O10S2. The maximum Gasteiger partial charge on any atom is 0.317 e. The third-order valence-electron chi connectivity index (χ3n) is 10.9. The number of carbonyl (C=O) groups is 6. The maximum atomic E-state index is 13.9. The molecule has 0 aromatic heterocycles. The molecule has 14 nitrogen and oxygen atoms in total. The summed E-state index contributed by atoms with van der Waals surface area (Å²) < 4.78 is 0. The van der Waals surface area contributed by atoms with Gasteiger partial charge < -0.3 is 26.2 Å². The van der Waals surface area contributed by atoms with Crippen LogP contribution in [-0.2, 0) is 41.6 Å². The van der Waals surface area contributed by atoms with Gasteiger partial charge in [0.15, 0.2) is 0 Å². The van der Waals surface area contributed by atoms with Crippen molar-refractivity contribution in [3.05, 3.63) is 35.4 Å². The number of carboxylic acid groups (broad SMARTS) is 4. The van der Waals surface area contributed by atoms with Crippen molar-refractivity contribution in [1.29, 1.82) is 0 Å². The molecule has 6 N–H and O–H groups in total. The third-order valence-corrected chi connectivity index (χ3v) is 11.9. The fraction of sp³-hybridized carbons (Fsp3) is 0.683. The van der Waals surface area contributed by atoms with Gasteiger partial charge in [-0.3, -0.25) is 43.5 Å². The summed E-state index contributed by atoms with van der Waals surface area (Å²) in [6, 6.07) is 7.44. The molecule has 1 aromatic carbocycles. The molecule has 57 heavy (non-hydrogen) atoms. The van der Waals surface area contributed by atoms with E-state index >= 15 is 0 Å². The smallest absolute Gasteiger partial charge is 0.317 e. The van der Waals surface area contributed by atoms with Crippen LogP contribution in [0.1, 0.15) is 76.3 Å². The van der Waals surface area contributed by atoms with Crippen molar-refractivity contribution in [2.24, 2.45) is 29.4 Å². The molecule has 16 heteroatoms. The van der Waals surface area contributed by atoms with E-state index in [1.807, 2.05) is 44.4 Å². The molecule has 320 valence electrons. The summed E-state index contributed by atoms with van der Waals surface area (Å²) >= 11 is 7.48. The second-order valence-corrected chi connectivity index (χ2v) is 17.0. The molecule has 0 aliphatic carbocycles. The highest BCUT2D eigenvalue weighted by Gasteiger charge is 2.33. The van der Waals surface area contributed by atoms with E-state index in [9.17, 15) is 49.2 Å². The molecular weight excluding hydrogens is 773 g/mol. The predicted molar refractivity (Wildman–Crippen MR) is 225 cm³/mol. The fourth-order valence-corrected chi connectivity index (χ4v) is 8.32. The number of ketones is 2. The minimum absolute atomic E-state index is 0.0284. The highest BCUT2D eigenvalue weighted by atomic mass is 32.2. The highest BCUT2D eigenvalue weighted by Crippen LogP contribution is 2.29. The summed E-state index contributed by atoms with van der Waals surface area (Å²) in [5.74, 6) is -5.35. The first-order valence-electron chi connectivity index (χ1n) is 20.0. The Balaban J connectivity index is 2.19. The molecule has 5 atom stereocenters. The number of hydrogen-bond acceptors (Lipinski definition) is 12. The van der Waals surface area contributed by atoms with Crippen LogP contribution in [0.3, 0.4) is 0 Å². The predicted octanol–water partition coefficient (Wildman–Crippen LogP) is 3.85. The number of carboxylic acids is 4. The van der Waals surface area contributed by atoms with Gasteiger partial charge in [0.05, 0.1) is 25.6 Å². The summed E-state index contributed by atoms with van der Waals surface area (Å²) in [6.07, 6.45) is 6.19. The first-order chi connectivity index (χ1) is 27.1. The number of hydrogen-bond donors (Lipinski definition) is 5. The van der Waals surface area contributed by atoms with E-state index in [-0.39, 0.29) is 68.5 Å². The van der Waals surface area contributed by atoms with Crippen LogP contribution < -0.4 is 5.73 Å². The molecule has 1 heterocycles. The number of unbranched alkanes of at least 4 members (excludes halogenated alkanes) is 1. The van der Waals surface area contributed by atoms with Crippen LogP contribution in [0.5, 0.6) is 0 Å². The molecule has 2 rings (SSSR count). The van der Waals surface area contributed by atoms with Crippen molar-refractivity contribution >= 4 is 64.3 Å². The van der Waals surface area contributed by atoms with Crippen LogP contribution in [0.15, 0.2) is 24.3 Å². The van der Waals surface area contributed by atoms with Crippen LogP contribution in [0.4, 0.5) is 0 Å². The van der Waals surface area contributed by atoms with Gasteiger partial charge >= 0.3 is 23.9 Å². The van der Waals surface area contributed by atoms with Gasteiger partial charge in [0.25, 0.3) is 0 Å². The Bertz CT molecular complexity index is 1480. The van der Waals surface area contributed by atoms with Crippen LogP contribution in [0, 0.1) is 23.7 Å². The quantitative estimate of drug-likeness (QED) is 0.0598. The Morgan fingerprint density at radius 2 is 1.39 bits per heavy atom. The van der Waals surface area contributed by atoms with Gasteiger partial charge in [-0.15, -0.1) is 0 Å². The summed E-state index contributed by atoms with van der Waals surface area (Å²) in [6.45, 7) is 5.17. The lowest BCUT2D eigenvalue weighted by atomic mass is 9.78. The van der Waals surface area contributed by atoms with E-state index in [4.69, 9.17) is 18.0 Å². The molecule has 1 aliphatic heterocycles. The normalized spacial score (nSPS) is 18.0. The second kappa shape index (κ2) is 26.7. The number of thiocarbonyl (C=S) groups is 1. The zero-order valence-corrected chi connectivity index (χ0v) is 35.4. The zero-order chi connectivity index (χ0) is 42.5. The number of benzene rings is 1. The lowest BCUT2D eigenvalue weighted by molar-refractivity contribution is -0.145. The van der Waals surface area contributed by atoms with Crippen LogP contribution in [-0.4, -0.2) is 152 Å². The largest absolute Gasteiger partial charge is 0.481 e. The van der Waals surface area contributed by atoms with Crippen LogP contribution in [0.25, 0.3) is 0 Å². The van der Waals surface area contributed by atoms with Gasteiger partial charge in [-0.05, 0) is 72.6 Å². The Morgan fingerprint density at radius 1 is 0.789 bits per heavy atom. The maximum absolute atomic E-state index is 13.9. The first kappa shape index (κ1) is 49.9. The van der Waals surface area contributed by atoms with Gasteiger partial charge in [0.2, 0.25) is 0 Å². The average molecular weight is 837 g/mol. The van der Waals surface area contributed by atoms with Crippen molar-refractivity contribution < 1.29 is 49.2 Å². The number of rotatable bonds is 28. The van der Waals surface area contributed by atoms with Crippen molar-refractivity contribution in [3.63, 3.8) is 0 Å². The summed E-state index contributed by atoms with van der Waals surface area (Å²) in [5, 5.41) is 38.5. The molecule has 0 amide bonds. The van der Waals surface area contributed by atoms with Crippen LogP contribution in [0.2, 0.25) is 0 Å². The molecule has 5 unspecified atom stereocenters. The number of carbonyl (C=O) groups excluding carboxylic acids is 2. The minimum Gasteiger partial charge on any atom is -0.481 e. The van der Waals surface area contributed by atoms with E-state index in [1.165, 1.54) is 0 Å². The molecule has 0 radical (unpaired) electrons. The Morgan fingerprint density at radius 3 is 1.96 bits per heavy atom. The fourth-order valence-electron chi connectivity index (χ4n) is 7.43. The number of Topliss-reactive ketones (excluding diaryl/α,β-unsaturated/α-hetero) is 2. The number of nitrogens with zero attached hydrogens (tertiary/aromatic N) is 3. The zero-order valence-electron chi connectivity index (χ0n) is 33.8. The number of thioether (sulfide) groups is 1. The molecule has 0 spiro atoms. The van der Waals surface area contributed by atoms with Crippen LogP contribution >= 0.6 is 24.0 Å². The minimum atomic E-state index is -1.03. The Labute approximate surface area is 346 Å². The van der Waals surface area contributed by atoms with E-state index in [0.29, 0.717) is 89.0 Å². The number of nitrogens with two attached hydrogens (primary N) is 1. The Hall–Kier alpha value is -3.28. The molecule has 1 saturated heterocycles. The topological polar surface area (TPSA) is 219 Å². The summed E-state index contributed by atoms with van der Waals surface area (Å²) in [7, 11) is 0. The second-order valence-electron chi connectivity index (χ2n) is 15.4. The Kier molecular flexibility index (Phi) is 23.3. The molecule has 1 fully saturated rings. The lowest BCUT2D eigenvalue weighted by Gasteiger charge is -2.33. The molecule has 1 aliphatic rings. The van der Waals surface area contributed by atoms with Gasteiger partial charge in [-0.25, -0.2) is 0 Å². The SMILES string of the molecule is CCC(C)C(CC(=O)C(CCSC)CC(=S)Cc1ccc(CC2CN(CC(=O)O)CCN(CC(=O)O)CCN2CC(=O)O)cc1)C(=O)CC(CCCCN)C(=O)O. The third kappa shape index (κ3) is 19.3. The van der Waals surface area contributed by atoms with Gasteiger partial charge in [0.1, 0.15) is 11.6 Å². The van der Waals surface area contributed by atoms with Gasteiger partial charge in [-0.2, -0.15) is 11.8 Å². The molecule has 0 saturated carbocycles. The van der Waals surface area contributed by atoms with E-state index in [2.05, 4.69) is 0 Å². The monoisotopic (exact) mass is 836 g/mol. The van der Waals surface area contributed by atoms with Crippen molar-refractivity contribution in [3.8, 4) is 0 Å². The van der Waals surface area contributed by atoms with Crippen molar-refractivity contribution in [2.45, 2.75) is 84.1 Å². The van der Waals surface area contributed by atoms with Crippen molar-refractivity contribution in [1.82, 2.24) is 14.7 Å². The number of aliphatic carboxylic acids is 4. The summed E-state index contributed by atoms with van der Waals surface area (Å²) in [4.78, 5) is 80.3. The summed E-state index contributed by atoms with van der Waals surface area (Å²) in [5.41, 5.74) is 7.44. The van der Waals surface area contributed by atoms with Gasteiger partial charge in [0, 0.05) is 69.9 Å². The highest BCUT2D eigenvalue weighted by molar-refractivity contribution is 7.98. The van der Waals surface area contributed by atoms with Gasteiger partial charge in [-0.1, -0.05) is 63.2 Å². The standard InChI is InChI=1S/C41H64N4O10S2/c1-4-28(2)35(37(47)22-32(41(54)55)7-5-6-13-42)23-36(46)31(12-18-57-3)21-34(56)20-30-10-8-29(9-11-30)19-33-24-44(26-39(50)51)15-14-43(25-38(48)49)16-17-45(33)27-40(52)53/h8-11,28,31-33,35H,4-7,12-27,42H2,1-3H3,(H,48,49)(H,50,51)(H,52,53)(H,54,55). The molecule has 1 aromatic rings. The average Bonchev–Trinajstić information content (AvgIpc) is 3.21. The van der Waals surface area contributed by atoms with E-state index in [0.717, 1.165) is 16.9 Å². The van der Waals surface area contributed by atoms with E-state index in [1.54, 1.807) is 26.5 Å². The first-order valence-corrected chi connectivity index (χ1v) is 21.8. The lowest BCUT2D eigenvalue weighted by Crippen LogP contribution is -2.49. The van der Waals surface area contributed by atoms with Crippen molar-refractivity contribution in [2.75, 3.05) is 70.9 Å². The molecule has 0 bridgehead atoms.